The van der Waals surface area contributed by atoms with Crippen LogP contribution in [0, 0.1) is 5.82 Å². The Labute approximate surface area is 157 Å². The zero-order valence-corrected chi connectivity index (χ0v) is 15.2. The summed E-state index contributed by atoms with van der Waals surface area (Å²) < 4.78 is 17.7. The maximum Gasteiger partial charge on any atom is 0.277 e. The first-order valence-corrected chi connectivity index (χ1v) is 8.74. The maximum atomic E-state index is 12.9. The second-order valence-corrected chi connectivity index (χ2v) is 6.19. The molecule has 0 spiro atoms. The van der Waals surface area contributed by atoms with Crippen molar-refractivity contribution in [1.82, 2.24) is 15.3 Å². The largest absolute Gasteiger partial charge is 0.383 e. The summed E-state index contributed by atoms with van der Waals surface area (Å²) in [4.78, 5) is 42.3. The molecule has 11 heteroatoms. The van der Waals surface area contributed by atoms with E-state index >= 15 is 0 Å². The Kier molecular flexibility index (Phi) is 7.32. The molecule has 0 bridgehead atoms. The highest BCUT2D eigenvalue weighted by Crippen LogP contribution is 2.17. The number of benzene rings is 1. The lowest BCUT2D eigenvalue weighted by atomic mass is 10.2. The molecule has 0 radical (unpaired) electrons. The first kappa shape index (κ1) is 20.4. The topological polar surface area (TPSA) is 139 Å². The molecule has 2 amide bonds. The highest BCUT2D eigenvalue weighted by molar-refractivity contribution is 7.99. The summed E-state index contributed by atoms with van der Waals surface area (Å²) in [7, 11) is 1.52. The van der Waals surface area contributed by atoms with Gasteiger partial charge < -0.3 is 21.1 Å². The molecule has 1 heterocycles. The zero-order valence-electron chi connectivity index (χ0n) is 14.4. The van der Waals surface area contributed by atoms with E-state index in [1.165, 1.54) is 19.2 Å². The number of H-pyrrole nitrogens is 1. The van der Waals surface area contributed by atoms with Gasteiger partial charge in [-0.25, -0.2) is 9.37 Å². The van der Waals surface area contributed by atoms with Crippen LogP contribution in [0.4, 0.5) is 15.9 Å². The number of anilines is 2. The number of ether oxygens (including phenoxy) is 1. The van der Waals surface area contributed by atoms with Gasteiger partial charge in [0.2, 0.25) is 5.91 Å². The number of amides is 2. The number of nitrogens with one attached hydrogen (secondary N) is 3. The first-order valence-electron chi connectivity index (χ1n) is 7.76. The number of thioether (sulfide) groups is 1. The molecule has 5 N–H and O–H groups in total. The van der Waals surface area contributed by atoms with Crippen LogP contribution >= 0.6 is 11.8 Å². The van der Waals surface area contributed by atoms with Crippen molar-refractivity contribution in [1.29, 1.82) is 0 Å². The lowest BCUT2D eigenvalue weighted by Gasteiger charge is -2.09. The molecular formula is C16H18FN5O4S. The van der Waals surface area contributed by atoms with Crippen LogP contribution in [-0.2, 0) is 9.53 Å². The number of carbonyl (C=O) groups excluding carboxylic acids is 2. The minimum absolute atomic E-state index is 0.0212. The summed E-state index contributed by atoms with van der Waals surface area (Å²) in [5.41, 5.74) is 5.00. The third kappa shape index (κ3) is 6.08. The molecular weight excluding hydrogens is 377 g/mol. The molecule has 2 aromatic rings. The fourth-order valence-electron chi connectivity index (χ4n) is 1.92. The Morgan fingerprint density at radius 3 is 2.67 bits per heavy atom. The number of hydrogen-bond acceptors (Lipinski definition) is 7. The van der Waals surface area contributed by atoms with Crippen LogP contribution < -0.4 is 21.9 Å². The second-order valence-electron chi connectivity index (χ2n) is 5.22. The first-order chi connectivity index (χ1) is 12.9. The van der Waals surface area contributed by atoms with Crippen LogP contribution in [0.1, 0.15) is 10.4 Å². The van der Waals surface area contributed by atoms with Crippen molar-refractivity contribution in [2.24, 2.45) is 0 Å². The van der Waals surface area contributed by atoms with E-state index in [0.717, 1.165) is 23.9 Å². The molecule has 144 valence electrons. The zero-order chi connectivity index (χ0) is 19.8. The molecule has 0 fully saturated rings. The summed E-state index contributed by atoms with van der Waals surface area (Å²) in [5, 5.41) is 5.11. The van der Waals surface area contributed by atoms with Crippen LogP contribution in [0.15, 0.2) is 34.2 Å². The molecule has 9 nitrogen and oxygen atoms in total. The number of halogens is 1. The van der Waals surface area contributed by atoms with Crippen LogP contribution in [0.2, 0.25) is 0 Å². The molecule has 0 saturated carbocycles. The molecule has 0 aliphatic carbocycles. The van der Waals surface area contributed by atoms with E-state index in [9.17, 15) is 18.8 Å². The van der Waals surface area contributed by atoms with Crippen molar-refractivity contribution in [2.75, 3.05) is 37.1 Å². The van der Waals surface area contributed by atoms with E-state index in [0.29, 0.717) is 13.2 Å². The van der Waals surface area contributed by atoms with Gasteiger partial charge in [0, 0.05) is 19.2 Å². The molecule has 27 heavy (non-hydrogen) atoms. The van der Waals surface area contributed by atoms with Crippen LogP contribution in [0.25, 0.3) is 0 Å². The van der Waals surface area contributed by atoms with Crippen molar-refractivity contribution >= 4 is 35.1 Å². The standard InChI is InChI=1S/C16H18FN5O4S/c1-26-7-6-19-11(23)8-27-16-21-13(18)12(15(25)22-16)20-14(24)9-2-4-10(17)5-3-9/h2-5H,6-8H2,1H3,(H,19,23)(H,20,24)(H3,18,21,22,25). The minimum atomic E-state index is -0.666. The molecule has 0 saturated heterocycles. The van der Waals surface area contributed by atoms with Gasteiger partial charge >= 0.3 is 0 Å². The Bertz CT molecular complexity index is 872. The fraction of sp³-hybridized carbons (Fsp3) is 0.250. The number of hydrogen-bond donors (Lipinski definition) is 4. The second kappa shape index (κ2) is 9.69. The fourth-order valence-corrected chi connectivity index (χ4v) is 2.62. The third-order valence-corrected chi connectivity index (χ3v) is 4.11. The molecule has 1 aromatic carbocycles. The van der Waals surface area contributed by atoms with Gasteiger partial charge in [-0.05, 0) is 24.3 Å². The third-order valence-electron chi connectivity index (χ3n) is 3.24. The highest BCUT2D eigenvalue weighted by Gasteiger charge is 2.14. The SMILES string of the molecule is COCCNC(=O)CSc1nc(N)c(NC(=O)c2ccc(F)cc2)c(=O)[nH]1. The van der Waals surface area contributed by atoms with Crippen LogP contribution in [0.3, 0.4) is 0 Å². The Balaban J connectivity index is 2.01. The van der Waals surface area contributed by atoms with E-state index in [4.69, 9.17) is 10.5 Å². The molecule has 0 atom stereocenters. The Morgan fingerprint density at radius 1 is 1.33 bits per heavy atom. The number of aromatic amines is 1. The van der Waals surface area contributed by atoms with Crippen LogP contribution in [0.5, 0.6) is 0 Å². The van der Waals surface area contributed by atoms with E-state index in [2.05, 4.69) is 20.6 Å². The van der Waals surface area contributed by atoms with Gasteiger partial charge in [-0.15, -0.1) is 0 Å². The quantitative estimate of drug-likeness (QED) is 0.291. The predicted octanol–water partition coefficient (Wildman–Crippen LogP) is 0.598. The highest BCUT2D eigenvalue weighted by atomic mass is 32.2. The van der Waals surface area contributed by atoms with E-state index in [-0.39, 0.29) is 33.9 Å². The van der Waals surface area contributed by atoms with E-state index in [1.54, 1.807) is 0 Å². The predicted molar refractivity (Wildman–Crippen MR) is 99.2 cm³/mol. The van der Waals surface area contributed by atoms with Crippen molar-refractivity contribution in [2.45, 2.75) is 5.16 Å². The molecule has 2 rings (SSSR count). The average Bonchev–Trinajstić information content (AvgIpc) is 2.63. The smallest absolute Gasteiger partial charge is 0.277 e. The summed E-state index contributed by atoms with van der Waals surface area (Å²) >= 11 is 0.987. The summed E-state index contributed by atoms with van der Waals surface area (Å²) in [6, 6.07) is 4.79. The number of methoxy groups -OCH3 is 1. The summed E-state index contributed by atoms with van der Waals surface area (Å²) in [6.45, 7) is 0.761. The number of nitrogens with two attached hydrogens (primary N) is 1. The minimum Gasteiger partial charge on any atom is -0.383 e. The van der Waals surface area contributed by atoms with Crippen molar-refractivity contribution in [3.05, 3.63) is 46.0 Å². The number of aromatic nitrogens is 2. The molecule has 0 aliphatic heterocycles. The van der Waals surface area contributed by atoms with Gasteiger partial charge in [-0.1, -0.05) is 11.8 Å². The van der Waals surface area contributed by atoms with Gasteiger partial charge in [0.15, 0.2) is 11.0 Å². The van der Waals surface area contributed by atoms with E-state index < -0.39 is 17.3 Å². The Hall–Kier alpha value is -2.92. The van der Waals surface area contributed by atoms with Crippen molar-refractivity contribution in [3.8, 4) is 0 Å². The molecule has 1 aromatic heterocycles. The average molecular weight is 395 g/mol. The summed E-state index contributed by atoms with van der Waals surface area (Å²) in [5.74, 6) is -1.55. The van der Waals surface area contributed by atoms with Gasteiger partial charge in [0.25, 0.3) is 11.5 Å². The maximum absolute atomic E-state index is 12.9. The number of carbonyl (C=O) groups is 2. The van der Waals surface area contributed by atoms with Gasteiger partial charge in [0.1, 0.15) is 11.5 Å². The number of nitrogen functional groups attached to an aromatic ring is 1. The molecule has 0 unspecified atom stereocenters. The summed E-state index contributed by atoms with van der Waals surface area (Å²) in [6.07, 6.45) is 0. The normalized spacial score (nSPS) is 10.4. The number of rotatable bonds is 8. The van der Waals surface area contributed by atoms with Gasteiger partial charge in [-0.3, -0.25) is 19.4 Å². The number of nitrogens with zero attached hydrogens (tertiary/aromatic N) is 1. The lowest BCUT2D eigenvalue weighted by molar-refractivity contribution is -0.118. The van der Waals surface area contributed by atoms with Crippen molar-refractivity contribution < 1.29 is 18.7 Å². The molecule has 0 aliphatic rings. The van der Waals surface area contributed by atoms with Gasteiger partial charge in [-0.2, -0.15) is 0 Å². The van der Waals surface area contributed by atoms with Gasteiger partial charge in [0.05, 0.1) is 12.4 Å². The van der Waals surface area contributed by atoms with Crippen molar-refractivity contribution in [3.63, 3.8) is 0 Å². The Morgan fingerprint density at radius 2 is 2.04 bits per heavy atom. The van der Waals surface area contributed by atoms with Crippen LogP contribution in [-0.4, -0.2) is 47.8 Å². The lowest BCUT2D eigenvalue weighted by Crippen LogP contribution is -2.28. The monoisotopic (exact) mass is 395 g/mol. The van der Waals surface area contributed by atoms with E-state index in [1.807, 2.05) is 0 Å².